The van der Waals surface area contributed by atoms with E-state index in [0.29, 0.717) is 6.61 Å². The Morgan fingerprint density at radius 1 is 1.00 bits per heavy atom. The van der Waals surface area contributed by atoms with Crippen molar-refractivity contribution in [1.29, 1.82) is 0 Å². The number of nitrogens with zero attached hydrogens (tertiary/aromatic N) is 1. The molecular formula is C18H19NO. The molecular weight excluding hydrogens is 246 g/mol. The topological polar surface area (TPSA) is 14.2 Å². The first-order valence-corrected chi connectivity index (χ1v) is 7.04. The largest absolute Gasteiger partial charge is 0.493 e. The van der Waals surface area contributed by atoms with Crippen LogP contribution in [0.15, 0.2) is 54.7 Å². The minimum atomic E-state index is 0.697. The van der Waals surface area contributed by atoms with Crippen molar-refractivity contribution in [2.24, 2.45) is 0 Å². The Morgan fingerprint density at radius 2 is 1.80 bits per heavy atom. The highest BCUT2D eigenvalue weighted by Gasteiger charge is 2.06. The van der Waals surface area contributed by atoms with Gasteiger partial charge in [-0.3, -0.25) is 0 Å². The Labute approximate surface area is 119 Å². The number of fused-ring (bicyclic) bond motifs is 1. The van der Waals surface area contributed by atoms with Crippen LogP contribution >= 0.6 is 0 Å². The van der Waals surface area contributed by atoms with E-state index in [0.717, 1.165) is 12.3 Å². The van der Waals surface area contributed by atoms with Gasteiger partial charge in [0.1, 0.15) is 5.75 Å². The highest BCUT2D eigenvalue weighted by atomic mass is 16.5. The van der Waals surface area contributed by atoms with E-state index >= 15 is 0 Å². The fraction of sp³-hybridized carbons (Fsp3) is 0.222. The van der Waals surface area contributed by atoms with E-state index in [9.17, 15) is 0 Å². The van der Waals surface area contributed by atoms with Gasteiger partial charge in [0, 0.05) is 18.1 Å². The quantitative estimate of drug-likeness (QED) is 0.682. The van der Waals surface area contributed by atoms with Crippen molar-refractivity contribution in [3.05, 3.63) is 65.9 Å². The number of hydrogen-bond donors (Lipinski definition) is 0. The van der Waals surface area contributed by atoms with E-state index in [1.165, 1.54) is 22.0 Å². The summed E-state index contributed by atoms with van der Waals surface area (Å²) in [6.07, 6.45) is 2.13. The summed E-state index contributed by atoms with van der Waals surface area (Å²) < 4.78 is 7.95. The molecule has 0 aliphatic carbocycles. The molecule has 0 aliphatic rings. The zero-order valence-electron chi connectivity index (χ0n) is 12.0. The molecule has 3 rings (SSSR count). The number of aromatic nitrogens is 1. The van der Waals surface area contributed by atoms with Gasteiger partial charge >= 0.3 is 0 Å². The second-order valence-corrected chi connectivity index (χ2v) is 5.05. The predicted octanol–water partition coefficient (Wildman–Crippen LogP) is 4.40. The number of rotatable bonds is 4. The van der Waals surface area contributed by atoms with E-state index in [1.54, 1.807) is 0 Å². The van der Waals surface area contributed by atoms with Crippen molar-refractivity contribution in [1.82, 2.24) is 4.57 Å². The number of ether oxygens (including phenoxy) is 1. The highest BCUT2D eigenvalue weighted by Crippen LogP contribution is 2.27. The number of benzene rings is 2. The van der Waals surface area contributed by atoms with Gasteiger partial charge < -0.3 is 9.30 Å². The third kappa shape index (κ3) is 2.42. The summed E-state index contributed by atoms with van der Waals surface area (Å²) in [5, 5.41) is 1.18. The van der Waals surface area contributed by atoms with Crippen molar-refractivity contribution in [3.63, 3.8) is 0 Å². The molecule has 0 N–H and O–H groups in total. The lowest BCUT2D eigenvalue weighted by molar-refractivity contribution is 0.344. The Morgan fingerprint density at radius 3 is 2.55 bits per heavy atom. The molecule has 0 unspecified atom stereocenters. The summed E-state index contributed by atoms with van der Waals surface area (Å²) in [5.41, 5.74) is 3.83. The van der Waals surface area contributed by atoms with Crippen molar-refractivity contribution in [3.8, 4) is 5.75 Å². The third-order valence-electron chi connectivity index (χ3n) is 3.55. The molecule has 102 valence electrons. The Balaban J connectivity index is 1.96. The second kappa shape index (κ2) is 5.41. The molecule has 3 aromatic rings. The monoisotopic (exact) mass is 265 g/mol. The lowest BCUT2D eigenvalue weighted by Crippen LogP contribution is -1.98. The molecule has 2 heteroatoms. The molecule has 0 saturated carbocycles. The SMILES string of the molecule is CCOc1cccc2c1ccn2Cc1ccc(C)cc1. The van der Waals surface area contributed by atoms with Crippen LogP contribution in [0.25, 0.3) is 10.9 Å². The van der Waals surface area contributed by atoms with E-state index in [1.807, 2.05) is 13.0 Å². The predicted molar refractivity (Wildman–Crippen MR) is 83.4 cm³/mol. The summed E-state index contributed by atoms with van der Waals surface area (Å²) in [6.45, 7) is 5.72. The smallest absolute Gasteiger partial charge is 0.128 e. The Bertz CT molecular complexity index is 710. The number of aryl methyl sites for hydroxylation is 1. The van der Waals surface area contributed by atoms with Gasteiger partial charge in [0.2, 0.25) is 0 Å². The molecule has 1 heterocycles. The molecule has 0 atom stereocenters. The summed E-state index contributed by atoms with van der Waals surface area (Å²) in [5.74, 6) is 0.965. The summed E-state index contributed by atoms with van der Waals surface area (Å²) in [4.78, 5) is 0. The van der Waals surface area contributed by atoms with Crippen LogP contribution < -0.4 is 4.74 Å². The van der Waals surface area contributed by atoms with Crippen LogP contribution in [0.2, 0.25) is 0 Å². The maximum absolute atomic E-state index is 5.69. The maximum Gasteiger partial charge on any atom is 0.128 e. The maximum atomic E-state index is 5.69. The molecule has 1 aromatic heterocycles. The van der Waals surface area contributed by atoms with Crippen LogP contribution in [0.1, 0.15) is 18.1 Å². The van der Waals surface area contributed by atoms with Crippen molar-refractivity contribution in [2.45, 2.75) is 20.4 Å². The lowest BCUT2D eigenvalue weighted by Gasteiger charge is -2.08. The fourth-order valence-electron chi connectivity index (χ4n) is 2.50. The normalized spacial score (nSPS) is 10.9. The first-order valence-electron chi connectivity index (χ1n) is 7.04. The average Bonchev–Trinajstić information content (AvgIpc) is 2.86. The van der Waals surface area contributed by atoms with Gasteiger partial charge in [-0.05, 0) is 37.6 Å². The second-order valence-electron chi connectivity index (χ2n) is 5.05. The summed E-state index contributed by atoms with van der Waals surface area (Å²) in [6, 6.07) is 17.1. The van der Waals surface area contributed by atoms with Gasteiger partial charge in [-0.1, -0.05) is 35.9 Å². The van der Waals surface area contributed by atoms with Gasteiger partial charge in [-0.2, -0.15) is 0 Å². The molecule has 20 heavy (non-hydrogen) atoms. The summed E-state index contributed by atoms with van der Waals surface area (Å²) >= 11 is 0. The van der Waals surface area contributed by atoms with Crippen LogP contribution in [0.3, 0.4) is 0 Å². The van der Waals surface area contributed by atoms with E-state index in [-0.39, 0.29) is 0 Å². The molecule has 0 aliphatic heterocycles. The van der Waals surface area contributed by atoms with Gasteiger partial charge in [-0.25, -0.2) is 0 Å². The van der Waals surface area contributed by atoms with Crippen LogP contribution in [0.5, 0.6) is 5.75 Å². The van der Waals surface area contributed by atoms with Crippen molar-refractivity contribution in [2.75, 3.05) is 6.61 Å². The molecule has 0 bridgehead atoms. The van der Waals surface area contributed by atoms with Gasteiger partial charge in [-0.15, -0.1) is 0 Å². The molecule has 0 fully saturated rings. The number of hydrogen-bond acceptors (Lipinski definition) is 1. The van der Waals surface area contributed by atoms with Crippen LogP contribution in [0, 0.1) is 6.92 Å². The van der Waals surface area contributed by atoms with E-state index < -0.39 is 0 Å². The summed E-state index contributed by atoms with van der Waals surface area (Å²) in [7, 11) is 0. The van der Waals surface area contributed by atoms with Gasteiger partial charge in [0.05, 0.1) is 12.1 Å². The lowest BCUT2D eigenvalue weighted by atomic mass is 10.1. The van der Waals surface area contributed by atoms with E-state index in [2.05, 4.69) is 60.2 Å². The molecule has 0 radical (unpaired) electrons. The average molecular weight is 265 g/mol. The Hall–Kier alpha value is -2.22. The molecule has 2 aromatic carbocycles. The van der Waals surface area contributed by atoms with Gasteiger partial charge in [0.25, 0.3) is 0 Å². The van der Waals surface area contributed by atoms with Crippen LogP contribution in [-0.2, 0) is 6.54 Å². The van der Waals surface area contributed by atoms with Gasteiger partial charge in [0.15, 0.2) is 0 Å². The van der Waals surface area contributed by atoms with E-state index in [4.69, 9.17) is 4.74 Å². The fourth-order valence-corrected chi connectivity index (χ4v) is 2.50. The zero-order chi connectivity index (χ0) is 13.9. The molecule has 0 spiro atoms. The molecule has 2 nitrogen and oxygen atoms in total. The molecule has 0 amide bonds. The standard InChI is InChI=1S/C18H19NO/c1-3-20-18-6-4-5-17-16(18)11-12-19(17)13-15-9-7-14(2)8-10-15/h4-12H,3,13H2,1-2H3. The van der Waals surface area contributed by atoms with Crippen molar-refractivity contribution >= 4 is 10.9 Å². The first-order chi connectivity index (χ1) is 9.78. The first kappa shape index (κ1) is 12.8. The minimum Gasteiger partial charge on any atom is -0.493 e. The minimum absolute atomic E-state index is 0.697. The third-order valence-corrected chi connectivity index (χ3v) is 3.55. The van der Waals surface area contributed by atoms with Crippen molar-refractivity contribution < 1.29 is 4.74 Å². The van der Waals surface area contributed by atoms with Crippen LogP contribution in [0.4, 0.5) is 0 Å². The van der Waals surface area contributed by atoms with Crippen LogP contribution in [-0.4, -0.2) is 11.2 Å². The zero-order valence-corrected chi connectivity index (χ0v) is 12.0. The highest BCUT2D eigenvalue weighted by molar-refractivity contribution is 5.86. The Kier molecular flexibility index (Phi) is 3.46. The molecule has 0 saturated heterocycles.